The van der Waals surface area contributed by atoms with Gasteiger partial charge in [-0.3, -0.25) is 0 Å². The highest BCUT2D eigenvalue weighted by Crippen LogP contribution is 2.54. The van der Waals surface area contributed by atoms with E-state index in [-0.39, 0.29) is 33.8 Å². The number of fused-ring (bicyclic) bond motifs is 11. The molecule has 322 valence electrons. The van der Waals surface area contributed by atoms with E-state index in [2.05, 4.69) is 196 Å². The summed E-state index contributed by atoms with van der Waals surface area (Å²) in [6.45, 7) is 28.6. The van der Waals surface area contributed by atoms with Crippen LogP contribution in [-0.4, -0.2) is 6.71 Å². The van der Waals surface area contributed by atoms with Crippen LogP contribution in [0.5, 0.6) is 0 Å². The summed E-state index contributed by atoms with van der Waals surface area (Å²) in [4.78, 5) is 5.15. The van der Waals surface area contributed by atoms with E-state index in [9.17, 15) is 0 Å². The summed E-state index contributed by atoms with van der Waals surface area (Å²) in [5, 5.41) is 3.46. The number of rotatable bonds is 2. The molecular weight excluding hydrogens is 779 g/mol. The molecule has 0 fully saturated rings. The Kier molecular flexibility index (Phi) is 7.96. The van der Waals surface area contributed by atoms with Gasteiger partial charge in [0.1, 0.15) is 16.7 Å². The van der Waals surface area contributed by atoms with Crippen molar-refractivity contribution < 1.29 is 8.83 Å². The van der Waals surface area contributed by atoms with Crippen LogP contribution in [0.2, 0.25) is 0 Å². The lowest BCUT2D eigenvalue weighted by atomic mass is 9.35. The Bertz CT molecular complexity index is 3310. The fourth-order valence-electron chi connectivity index (χ4n) is 12.3. The van der Waals surface area contributed by atoms with E-state index in [1.807, 2.05) is 0 Å². The number of anilines is 6. The molecule has 0 saturated carbocycles. The summed E-state index contributed by atoms with van der Waals surface area (Å²) in [6, 6.07) is 39.5. The first-order chi connectivity index (χ1) is 30.2. The Balaban J connectivity index is 1.22. The van der Waals surface area contributed by atoms with Gasteiger partial charge in [0, 0.05) is 33.5 Å². The normalized spacial score (nSPS) is 18.8. The monoisotopic (exact) mass is 840 g/mol. The third-order valence-electron chi connectivity index (χ3n) is 16.4. The SMILES string of the molecule is Cc1cc2c3c(c1)N(c1cccc4oc5ccccc5c14)c1ccc(C(C)(C)C)cc1B3c1oc3cc4c(cc3c1N2c1ccc2c(c1)C(C)(C)CCC2(C)C)C(C)(C)CCC4(C)C. The summed E-state index contributed by atoms with van der Waals surface area (Å²) < 4.78 is 14.2. The molecule has 8 aromatic rings. The molecule has 4 nitrogen and oxygen atoms in total. The van der Waals surface area contributed by atoms with E-state index < -0.39 is 0 Å². The summed E-state index contributed by atoms with van der Waals surface area (Å²) in [6.07, 6.45) is 4.65. The van der Waals surface area contributed by atoms with Gasteiger partial charge in [0.15, 0.2) is 0 Å². The van der Waals surface area contributed by atoms with E-state index in [1.54, 1.807) is 0 Å². The van der Waals surface area contributed by atoms with E-state index >= 15 is 0 Å². The first kappa shape index (κ1) is 39.9. The number of furan rings is 2. The maximum atomic E-state index is 7.60. The smallest absolute Gasteiger partial charge is 0.297 e. The summed E-state index contributed by atoms with van der Waals surface area (Å²) in [7, 11) is 0. The predicted molar refractivity (Wildman–Crippen MR) is 272 cm³/mol. The van der Waals surface area contributed by atoms with Crippen LogP contribution < -0.4 is 26.4 Å². The zero-order valence-electron chi connectivity index (χ0n) is 39.9. The number of aryl methyl sites for hydroxylation is 1. The molecule has 4 aliphatic rings. The highest BCUT2D eigenvalue weighted by atomic mass is 16.3. The minimum absolute atomic E-state index is 0.0452. The van der Waals surface area contributed by atoms with Crippen molar-refractivity contribution in [2.24, 2.45) is 0 Å². The Morgan fingerprint density at radius 3 is 1.84 bits per heavy atom. The van der Waals surface area contributed by atoms with Gasteiger partial charge in [0.2, 0.25) is 0 Å². The summed E-state index contributed by atoms with van der Waals surface area (Å²) in [5.41, 5.74) is 22.0. The summed E-state index contributed by atoms with van der Waals surface area (Å²) >= 11 is 0. The Hall–Kier alpha value is -5.68. The second kappa shape index (κ2) is 12.8. The lowest BCUT2D eigenvalue weighted by Gasteiger charge is -2.45. The van der Waals surface area contributed by atoms with Gasteiger partial charge in [-0.25, -0.2) is 0 Å². The molecule has 2 aliphatic carbocycles. The van der Waals surface area contributed by atoms with Crippen LogP contribution in [0.15, 0.2) is 112 Å². The molecule has 2 aliphatic heterocycles. The van der Waals surface area contributed by atoms with Crippen LogP contribution >= 0.6 is 0 Å². The first-order valence-corrected chi connectivity index (χ1v) is 23.8. The fraction of sp³-hybridized carbons (Fsp3) is 0.356. The maximum Gasteiger partial charge on any atom is 0.297 e. The van der Waals surface area contributed by atoms with Crippen LogP contribution in [0.4, 0.5) is 34.1 Å². The van der Waals surface area contributed by atoms with Crippen LogP contribution in [-0.2, 0) is 27.1 Å². The molecule has 0 saturated heterocycles. The fourth-order valence-corrected chi connectivity index (χ4v) is 12.3. The van der Waals surface area contributed by atoms with Crippen LogP contribution in [0.3, 0.4) is 0 Å². The number of hydrogen-bond acceptors (Lipinski definition) is 4. The topological polar surface area (TPSA) is 32.8 Å². The van der Waals surface area contributed by atoms with Crippen LogP contribution in [0.1, 0.15) is 135 Å². The minimum Gasteiger partial charge on any atom is -0.468 e. The molecule has 12 rings (SSSR count). The molecule has 5 heteroatoms. The number of para-hydroxylation sites is 1. The molecule has 0 amide bonds. The first-order valence-electron chi connectivity index (χ1n) is 23.8. The average Bonchev–Trinajstić information content (AvgIpc) is 3.82. The largest absolute Gasteiger partial charge is 0.468 e. The third kappa shape index (κ3) is 5.48. The standard InChI is InChI=1S/C59H61BN2O2/c1-34-28-46-52-47(29-34)62(45-17-15-19-49-51(45)37-16-13-14-18-48(37)63-49)44-23-20-35(55(2,3)4)30-43(44)60(52)54-53(38-32-41-42(33-50(38)64-54)59(11,12)27-26-58(41,9)10)61(46)36-21-22-39-40(31-36)57(7,8)25-24-56(39,5)6/h13-23,28-33H,24-27H2,1-12H3. The Labute approximate surface area is 379 Å². The molecule has 0 spiro atoms. The van der Waals surface area contributed by atoms with Gasteiger partial charge in [-0.15, -0.1) is 0 Å². The van der Waals surface area contributed by atoms with Crippen molar-refractivity contribution in [1.82, 2.24) is 0 Å². The molecule has 64 heavy (non-hydrogen) atoms. The van der Waals surface area contributed by atoms with Crippen molar-refractivity contribution in [2.45, 2.75) is 136 Å². The van der Waals surface area contributed by atoms with E-state index in [0.29, 0.717) is 0 Å². The minimum atomic E-state index is -0.135. The van der Waals surface area contributed by atoms with Crippen LogP contribution in [0.25, 0.3) is 32.9 Å². The zero-order valence-corrected chi connectivity index (χ0v) is 39.9. The van der Waals surface area contributed by atoms with Gasteiger partial charge in [0.25, 0.3) is 6.71 Å². The average molecular weight is 841 g/mol. The van der Waals surface area contributed by atoms with Gasteiger partial charge < -0.3 is 18.6 Å². The number of nitrogens with zero attached hydrogens (tertiary/aromatic N) is 2. The molecule has 2 aromatic heterocycles. The Morgan fingerprint density at radius 1 is 0.516 bits per heavy atom. The van der Waals surface area contributed by atoms with Gasteiger partial charge in [-0.1, -0.05) is 119 Å². The molecule has 0 N–H and O–H groups in total. The van der Waals surface area contributed by atoms with E-state index in [1.165, 1.54) is 84.6 Å². The van der Waals surface area contributed by atoms with Crippen molar-refractivity contribution in [2.75, 3.05) is 9.80 Å². The second-order valence-corrected chi connectivity index (χ2v) is 23.6. The lowest BCUT2D eigenvalue weighted by Crippen LogP contribution is -2.61. The molecular formula is C59H61BN2O2. The quantitative estimate of drug-likeness (QED) is 0.162. The number of hydrogen-bond donors (Lipinski definition) is 0. The Morgan fingerprint density at radius 2 is 1.14 bits per heavy atom. The van der Waals surface area contributed by atoms with Gasteiger partial charge in [-0.2, -0.15) is 0 Å². The van der Waals surface area contributed by atoms with E-state index in [0.717, 1.165) is 58.1 Å². The van der Waals surface area contributed by atoms with Crippen molar-refractivity contribution in [3.63, 3.8) is 0 Å². The van der Waals surface area contributed by atoms with E-state index in [4.69, 9.17) is 8.83 Å². The molecule has 0 atom stereocenters. The molecule has 6 aromatic carbocycles. The highest BCUT2D eigenvalue weighted by Gasteiger charge is 2.49. The van der Waals surface area contributed by atoms with Gasteiger partial charge >= 0.3 is 0 Å². The maximum absolute atomic E-state index is 7.60. The van der Waals surface area contributed by atoms with Crippen LogP contribution in [0, 0.1) is 6.92 Å². The highest BCUT2D eigenvalue weighted by molar-refractivity contribution is 7.00. The molecule has 0 unspecified atom stereocenters. The zero-order chi connectivity index (χ0) is 44.6. The van der Waals surface area contributed by atoms with Crippen molar-refractivity contribution >= 4 is 90.3 Å². The number of benzene rings is 6. The molecule has 4 heterocycles. The molecule has 0 bridgehead atoms. The van der Waals surface area contributed by atoms with Gasteiger partial charge in [0.05, 0.1) is 22.4 Å². The van der Waals surface area contributed by atoms with Gasteiger partial charge in [-0.05, 0) is 165 Å². The summed E-state index contributed by atoms with van der Waals surface area (Å²) in [5.74, 6) is 0. The van der Waals surface area contributed by atoms with Crippen molar-refractivity contribution in [3.8, 4) is 0 Å². The predicted octanol–water partition coefficient (Wildman–Crippen LogP) is 14.7. The second-order valence-electron chi connectivity index (χ2n) is 23.6. The lowest BCUT2D eigenvalue weighted by molar-refractivity contribution is 0.332. The van der Waals surface area contributed by atoms with Crippen molar-refractivity contribution in [3.05, 3.63) is 137 Å². The third-order valence-corrected chi connectivity index (χ3v) is 16.4. The van der Waals surface area contributed by atoms with Crippen molar-refractivity contribution in [1.29, 1.82) is 0 Å². The molecule has 0 radical (unpaired) electrons.